The Morgan fingerprint density at radius 2 is 2.07 bits per heavy atom. The van der Waals surface area contributed by atoms with Crippen LogP contribution >= 0.6 is 0 Å². The summed E-state index contributed by atoms with van der Waals surface area (Å²) in [5.41, 5.74) is 1.37. The Bertz CT molecular complexity index is 364. The molecule has 72 valence electrons. The first kappa shape index (κ1) is 9.00. The number of benzene rings is 1. The highest BCUT2D eigenvalue weighted by Crippen LogP contribution is 2.12. The largest absolute Gasteiger partial charge is 0.334 e. The second-order valence-corrected chi connectivity index (χ2v) is 3.55. The predicted molar refractivity (Wildman–Crippen MR) is 57.1 cm³/mol. The van der Waals surface area contributed by atoms with Crippen molar-refractivity contribution < 1.29 is 0 Å². The first-order valence-electron chi connectivity index (χ1n) is 4.87. The Labute approximate surface area is 84.2 Å². The molecular weight excluding hydrogens is 172 g/mol. The second-order valence-electron chi connectivity index (χ2n) is 3.55. The molecule has 2 rings (SSSR count). The average molecular weight is 186 g/mol. The standard InChI is InChI=1S/C12H14N2/c1-11(14-8-7-13-10-14)9-12-5-3-2-4-6-12/h2-8,10-11H,9H2,1H3/t11-/m1/s1. The van der Waals surface area contributed by atoms with Gasteiger partial charge in [-0.05, 0) is 18.9 Å². The minimum absolute atomic E-state index is 0.472. The maximum absolute atomic E-state index is 4.05. The molecule has 0 saturated heterocycles. The molecule has 0 N–H and O–H groups in total. The van der Waals surface area contributed by atoms with Crippen molar-refractivity contribution in [1.29, 1.82) is 0 Å². The van der Waals surface area contributed by atoms with E-state index >= 15 is 0 Å². The number of hydrogen-bond acceptors (Lipinski definition) is 1. The fourth-order valence-corrected chi connectivity index (χ4v) is 1.59. The number of rotatable bonds is 3. The molecule has 0 aliphatic carbocycles. The van der Waals surface area contributed by atoms with E-state index in [9.17, 15) is 0 Å². The molecule has 0 amide bonds. The Morgan fingerprint density at radius 1 is 1.29 bits per heavy atom. The summed E-state index contributed by atoms with van der Waals surface area (Å²) >= 11 is 0. The van der Waals surface area contributed by atoms with Crippen LogP contribution in [-0.2, 0) is 6.42 Å². The van der Waals surface area contributed by atoms with E-state index in [2.05, 4.69) is 40.7 Å². The SMILES string of the molecule is C[C@H](Cc1ccccc1)n1ccnc1. The monoisotopic (exact) mass is 186 g/mol. The Hall–Kier alpha value is -1.57. The number of aromatic nitrogens is 2. The quantitative estimate of drug-likeness (QED) is 0.720. The van der Waals surface area contributed by atoms with Crippen LogP contribution in [0.1, 0.15) is 18.5 Å². The molecular formula is C12H14N2. The van der Waals surface area contributed by atoms with Gasteiger partial charge in [0.2, 0.25) is 0 Å². The van der Waals surface area contributed by atoms with E-state index in [0.717, 1.165) is 6.42 Å². The highest BCUT2D eigenvalue weighted by atomic mass is 15.0. The van der Waals surface area contributed by atoms with E-state index in [-0.39, 0.29) is 0 Å². The van der Waals surface area contributed by atoms with Gasteiger partial charge in [-0.25, -0.2) is 4.98 Å². The van der Waals surface area contributed by atoms with E-state index < -0.39 is 0 Å². The minimum atomic E-state index is 0.472. The maximum Gasteiger partial charge on any atom is 0.0948 e. The molecule has 0 bridgehead atoms. The van der Waals surface area contributed by atoms with Crippen LogP contribution in [-0.4, -0.2) is 9.55 Å². The number of hydrogen-bond donors (Lipinski definition) is 0. The summed E-state index contributed by atoms with van der Waals surface area (Å²) in [5, 5.41) is 0. The van der Waals surface area contributed by atoms with Crippen molar-refractivity contribution in [3.8, 4) is 0 Å². The molecule has 0 saturated carbocycles. The topological polar surface area (TPSA) is 17.8 Å². The summed E-state index contributed by atoms with van der Waals surface area (Å²) < 4.78 is 2.13. The molecule has 2 heteroatoms. The summed E-state index contributed by atoms with van der Waals surface area (Å²) in [6.45, 7) is 2.20. The van der Waals surface area contributed by atoms with Gasteiger partial charge in [-0.3, -0.25) is 0 Å². The molecule has 1 aromatic heterocycles. The van der Waals surface area contributed by atoms with Crippen molar-refractivity contribution in [3.63, 3.8) is 0 Å². The zero-order valence-electron chi connectivity index (χ0n) is 8.30. The summed E-state index contributed by atoms with van der Waals surface area (Å²) in [7, 11) is 0. The third-order valence-electron chi connectivity index (χ3n) is 2.41. The Balaban J connectivity index is 2.06. The maximum atomic E-state index is 4.05. The molecule has 0 radical (unpaired) electrons. The highest BCUT2D eigenvalue weighted by Gasteiger charge is 2.03. The molecule has 1 atom stereocenters. The van der Waals surface area contributed by atoms with Crippen LogP contribution in [0, 0.1) is 0 Å². The van der Waals surface area contributed by atoms with E-state index in [0.29, 0.717) is 6.04 Å². The van der Waals surface area contributed by atoms with Crippen LogP contribution in [0.25, 0.3) is 0 Å². The van der Waals surface area contributed by atoms with E-state index in [1.807, 2.05) is 24.8 Å². The van der Waals surface area contributed by atoms with Crippen LogP contribution in [0.2, 0.25) is 0 Å². The summed E-state index contributed by atoms with van der Waals surface area (Å²) in [6.07, 6.45) is 6.75. The van der Waals surface area contributed by atoms with Crippen molar-refractivity contribution in [2.75, 3.05) is 0 Å². The van der Waals surface area contributed by atoms with Gasteiger partial charge < -0.3 is 4.57 Å². The van der Waals surface area contributed by atoms with Gasteiger partial charge in [-0.15, -0.1) is 0 Å². The van der Waals surface area contributed by atoms with Crippen molar-refractivity contribution in [3.05, 3.63) is 54.6 Å². The van der Waals surface area contributed by atoms with Gasteiger partial charge in [0.25, 0.3) is 0 Å². The van der Waals surface area contributed by atoms with Gasteiger partial charge in [0.1, 0.15) is 0 Å². The minimum Gasteiger partial charge on any atom is -0.334 e. The Morgan fingerprint density at radius 3 is 2.71 bits per heavy atom. The van der Waals surface area contributed by atoms with Crippen molar-refractivity contribution in [2.24, 2.45) is 0 Å². The molecule has 0 aliphatic rings. The molecule has 0 spiro atoms. The molecule has 1 heterocycles. The van der Waals surface area contributed by atoms with E-state index in [4.69, 9.17) is 0 Å². The predicted octanol–water partition coefficient (Wildman–Crippen LogP) is 2.69. The van der Waals surface area contributed by atoms with E-state index in [1.165, 1.54) is 5.56 Å². The van der Waals surface area contributed by atoms with Crippen LogP contribution in [0.15, 0.2) is 49.1 Å². The van der Waals surface area contributed by atoms with Crippen LogP contribution < -0.4 is 0 Å². The first-order chi connectivity index (χ1) is 6.86. The van der Waals surface area contributed by atoms with Gasteiger partial charge in [0.05, 0.1) is 6.33 Å². The zero-order valence-corrected chi connectivity index (χ0v) is 8.30. The Kier molecular flexibility index (Phi) is 2.63. The normalized spacial score (nSPS) is 12.6. The molecule has 2 nitrogen and oxygen atoms in total. The molecule has 0 fully saturated rings. The highest BCUT2D eigenvalue weighted by molar-refractivity contribution is 5.15. The molecule has 14 heavy (non-hydrogen) atoms. The average Bonchev–Trinajstić information content (AvgIpc) is 2.72. The smallest absolute Gasteiger partial charge is 0.0948 e. The third kappa shape index (κ3) is 2.02. The van der Waals surface area contributed by atoms with Crippen LogP contribution in [0.3, 0.4) is 0 Å². The lowest BCUT2D eigenvalue weighted by Gasteiger charge is -2.12. The lowest BCUT2D eigenvalue weighted by Crippen LogP contribution is -2.05. The summed E-state index contributed by atoms with van der Waals surface area (Å²) in [5.74, 6) is 0. The fourth-order valence-electron chi connectivity index (χ4n) is 1.59. The lowest BCUT2D eigenvalue weighted by molar-refractivity contribution is 0.544. The zero-order chi connectivity index (χ0) is 9.80. The number of imidazole rings is 1. The third-order valence-corrected chi connectivity index (χ3v) is 2.41. The van der Waals surface area contributed by atoms with Gasteiger partial charge in [0, 0.05) is 18.4 Å². The van der Waals surface area contributed by atoms with Gasteiger partial charge >= 0.3 is 0 Å². The molecule has 0 aliphatic heterocycles. The summed E-state index contributed by atoms with van der Waals surface area (Å²) in [4.78, 5) is 4.05. The molecule has 0 unspecified atom stereocenters. The van der Waals surface area contributed by atoms with Gasteiger partial charge in [0.15, 0.2) is 0 Å². The molecule has 2 aromatic rings. The van der Waals surface area contributed by atoms with Gasteiger partial charge in [-0.2, -0.15) is 0 Å². The van der Waals surface area contributed by atoms with E-state index in [1.54, 1.807) is 0 Å². The van der Waals surface area contributed by atoms with Crippen molar-refractivity contribution >= 4 is 0 Å². The summed E-state index contributed by atoms with van der Waals surface area (Å²) in [6, 6.07) is 11.0. The fraction of sp³-hybridized carbons (Fsp3) is 0.250. The number of nitrogens with zero attached hydrogens (tertiary/aromatic N) is 2. The first-order valence-corrected chi connectivity index (χ1v) is 4.87. The van der Waals surface area contributed by atoms with Crippen molar-refractivity contribution in [2.45, 2.75) is 19.4 Å². The lowest BCUT2D eigenvalue weighted by atomic mass is 10.1. The van der Waals surface area contributed by atoms with Crippen LogP contribution in [0.4, 0.5) is 0 Å². The van der Waals surface area contributed by atoms with Crippen molar-refractivity contribution in [1.82, 2.24) is 9.55 Å². The van der Waals surface area contributed by atoms with Crippen LogP contribution in [0.5, 0.6) is 0 Å². The second kappa shape index (κ2) is 4.09. The van der Waals surface area contributed by atoms with Gasteiger partial charge in [-0.1, -0.05) is 30.3 Å². The molecule has 1 aromatic carbocycles.